The first kappa shape index (κ1) is 16.7. The number of anilines is 1. The number of benzene rings is 1. The van der Waals surface area contributed by atoms with Crippen LogP contribution in [0.15, 0.2) is 30.4 Å². The molecule has 0 bridgehead atoms. The van der Waals surface area contributed by atoms with Crippen LogP contribution < -0.4 is 10.6 Å². The molecular formula is C15H20N2O4. The predicted octanol–water partition coefficient (Wildman–Crippen LogP) is 2.41. The minimum Gasteiger partial charge on any atom is -0.478 e. The molecule has 0 fully saturated rings. The van der Waals surface area contributed by atoms with E-state index in [4.69, 9.17) is 9.84 Å². The van der Waals surface area contributed by atoms with Gasteiger partial charge in [-0.15, -0.1) is 0 Å². The summed E-state index contributed by atoms with van der Waals surface area (Å²) in [7, 11) is 0. The molecule has 0 aliphatic heterocycles. The average molecular weight is 292 g/mol. The fraction of sp³-hybridized carbons (Fsp3) is 0.333. The first-order chi connectivity index (χ1) is 9.90. The number of carboxylic acids is 1. The van der Waals surface area contributed by atoms with E-state index in [2.05, 4.69) is 17.2 Å². The Balaban J connectivity index is 2.43. The van der Waals surface area contributed by atoms with Crippen LogP contribution in [-0.2, 0) is 4.74 Å². The summed E-state index contributed by atoms with van der Waals surface area (Å²) in [4.78, 5) is 22.6. The fourth-order valence-corrected chi connectivity index (χ4v) is 1.59. The third-order valence-electron chi connectivity index (χ3n) is 2.61. The molecule has 2 amide bonds. The lowest BCUT2D eigenvalue weighted by Crippen LogP contribution is -2.31. The van der Waals surface area contributed by atoms with Gasteiger partial charge in [0, 0.05) is 12.2 Å². The van der Waals surface area contributed by atoms with Crippen molar-refractivity contribution in [1.82, 2.24) is 5.32 Å². The van der Waals surface area contributed by atoms with Crippen molar-refractivity contribution < 1.29 is 19.4 Å². The summed E-state index contributed by atoms with van der Waals surface area (Å²) in [6, 6.07) is 4.32. The molecule has 0 unspecified atom stereocenters. The summed E-state index contributed by atoms with van der Waals surface area (Å²) in [5, 5.41) is 14.2. The van der Waals surface area contributed by atoms with Crippen LogP contribution in [0.4, 0.5) is 10.5 Å². The Bertz CT molecular complexity index is 540. The minimum absolute atomic E-state index is 0.164. The van der Waals surface area contributed by atoms with Crippen LogP contribution in [0, 0.1) is 6.92 Å². The second-order valence-corrected chi connectivity index (χ2v) is 4.73. The lowest BCUT2D eigenvalue weighted by Gasteiger charge is -2.09. The van der Waals surface area contributed by atoms with Gasteiger partial charge in [-0.1, -0.05) is 18.2 Å². The smallest absolute Gasteiger partial charge is 0.336 e. The molecule has 0 atom stereocenters. The molecule has 0 aromatic heterocycles. The Labute approximate surface area is 123 Å². The molecule has 114 valence electrons. The van der Waals surface area contributed by atoms with Crippen molar-refractivity contribution in [3.05, 3.63) is 41.5 Å². The number of carbonyl (C=O) groups excluding carboxylic acids is 1. The molecule has 6 heteroatoms. The van der Waals surface area contributed by atoms with Gasteiger partial charge in [0.15, 0.2) is 0 Å². The number of carboxylic acid groups (broad SMARTS) is 1. The lowest BCUT2D eigenvalue weighted by molar-refractivity contribution is 0.0696. The van der Waals surface area contributed by atoms with Crippen molar-refractivity contribution in [1.29, 1.82) is 0 Å². The zero-order chi connectivity index (χ0) is 15.8. The number of rotatable bonds is 7. The molecular weight excluding hydrogens is 272 g/mol. The second kappa shape index (κ2) is 8.06. The molecule has 0 spiro atoms. The normalized spacial score (nSPS) is 10.0. The number of carbonyl (C=O) groups is 2. The number of urea groups is 1. The first-order valence-corrected chi connectivity index (χ1v) is 6.51. The molecule has 3 N–H and O–H groups in total. The third kappa shape index (κ3) is 6.09. The number of nitrogens with one attached hydrogen (secondary N) is 2. The van der Waals surface area contributed by atoms with E-state index < -0.39 is 12.0 Å². The van der Waals surface area contributed by atoms with Crippen molar-refractivity contribution in [2.24, 2.45) is 0 Å². The van der Waals surface area contributed by atoms with Gasteiger partial charge >= 0.3 is 12.0 Å². The van der Waals surface area contributed by atoms with Gasteiger partial charge in [-0.05, 0) is 31.5 Å². The summed E-state index contributed by atoms with van der Waals surface area (Å²) in [6.45, 7) is 8.46. The molecule has 1 aromatic rings. The number of aryl methyl sites for hydroxylation is 1. The molecule has 0 aliphatic rings. The van der Waals surface area contributed by atoms with Gasteiger partial charge in [0.05, 0.1) is 18.8 Å². The second-order valence-electron chi connectivity index (χ2n) is 4.73. The summed E-state index contributed by atoms with van der Waals surface area (Å²) in [6.07, 6.45) is 0. The molecule has 0 saturated carbocycles. The molecule has 0 saturated heterocycles. The van der Waals surface area contributed by atoms with Crippen LogP contribution in [-0.4, -0.2) is 36.9 Å². The maximum Gasteiger partial charge on any atom is 0.336 e. The molecule has 0 radical (unpaired) electrons. The van der Waals surface area contributed by atoms with E-state index in [1.54, 1.807) is 19.1 Å². The van der Waals surface area contributed by atoms with Gasteiger partial charge in [0.1, 0.15) is 0 Å². The summed E-state index contributed by atoms with van der Waals surface area (Å²) < 4.78 is 5.24. The highest BCUT2D eigenvalue weighted by molar-refractivity contribution is 5.94. The Morgan fingerprint density at radius 2 is 2.10 bits per heavy atom. The SMILES string of the molecule is C=C(C)COCCNC(=O)Nc1ccc(C)c(C(=O)O)c1. The van der Waals surface area contributed by atoms with E-state index in [0.29, 0.717) is 31.0 Å². The van der Waals surface area contributed by atoms with Crippen LogP contribution in [0.25, 0.3) is 0 Å². The van der Waals surface area contributed by atoms with E-state index in [-0.39, 0.29) is 5.56 Å². The highest BCUT2D eigenvalue weighted by atomic mass is 16.5. The highest BCUT2D eigenvalue weighted by Gasteiger charge is 2.09. The van der Waals surface area contributed by atoms with Gasteiger partial charge in [-0.3, -0.25) is 0 Å². The molecule has 0 aliphatic carbocycles. The van der Waals surface area contributed by atoms with Crippen molar-refractivity contribution in [2.45, 2.75) is 13.8 Å². The largest absolute Gasteiger partial charge is 0.478 e. The van der Waals surface area contributed by atoms with Gasteiger partial charge < -0.3 is 20.5 Å². The number of hydrogen-bond acceptors (Lipinski definition) is 3. The number of aromatic carboxylic acids is 1. The van der Waals surface area contributed by atoms with Gasteiger partial charge in [-0.25, -0.2) is 9.59 Å². The molecule has 0 heterocycles. The average Bonchev–Trinajstić information content (AvgIpc) is 2.40. The summed E-state index contributed by atoms with van der Waals surface area (Å²) in [5.74, 6) is -1.02. The summed E-state index contributed by atoms with van der Waals surface area (Å²) in [5.41, 5.74) is 2.15. The Morgan fingerprint density at radius 1 is 1.38 bits per heavy atom. The van der Waals surface area contributed by atoms with Crippen LogP contribution in [0.1, 0.15) is 22.8 Å². The Hall–Kier alpha value is -2.34. The zero-order valence-corrected chi connectivity index (χ0v) is 12.2. The van der Waals surface area contributed by atoms with Crippen LogP contribution >= 0.6 is 0 Å². The van der Waals surface area contributed by atoms with E-state index >= 15 is 0 Å². The molecule has 21 heavy (non-hydrogen) atoms. The zero-order valence-electron chi connectivity index (χ0n) is 12.2. The van der Waals surface area contributed by atoms with Crippen molar-refractivity contribution >= 4 is 17.7 Å². The number of ether oxygens (including phenoxy) is 1. The topological polar surface area (TPSA) is 87.7 Å². The third-order valence-corrected chi connectivity index (χ3v) is 2.61. The maximum absolute atomic E-state index is 11.6. The van der Waals surface area contributed by atoms with E-state index in [0.717, 1.165) is 5.57 Å². The van der Waals surface area contributed by atoms with Crippen molar-refractivity contribution in [3.8, 4) is 0 Å². The summed E-state index contributed by atoms with van der Waals surface area (Å²) >= 11 is 0. The van der Waals surface area contributed by atoms with Crippen LogP contribution in [0.5, 0.6) is 0 Å². The van der Waals surface area contributed by atoms with Gasteiger partial charge in [-0.2, -0.15) is 0 Å². The molecule has 1 aromatic carbocycles. The van der Waals surface area contributed by atoms with Crippen molar-refractivity contribution in [3.63, 3.8) is 0 Å². The first-order valence-electron chi connectivity index (χ1n) is 6.51. The van der Waals surface area contributed by atoms with E-state index in [1.165, 1.54) is 6.07 Å². The minimum atomic E-state index is -1.02. The molecule has 6 nitrogen and oxygen atoms in total. The van der Waals surface area contributed by atoms with Crippen LogP contribution in [0.3, 0.4) is 0 Å². The van der Waals surface area contributed by atoms with Gasteiger partial charge in [0.2, 0.25) is 0 Å². The molecule has 1 rings (SSSR count). The number of amides is 2. The monoisotopic (exact) mass is 292 g/mol. The highest BCUT2D eigenvalue weighted by Crippen LogP contribution is 2.15. The standard InChI is InChI=1S/C15H20N2O4/c1-10(2)9-21-7-6-16-15(20)17-12-5-4-11(3)13(8-12)14(18)19/h4-5,8H,1,6-7,9H2,2-3H3,(H,18,19)(H2,16,17,20). The van der Waals surface area contributed by atoms with E-state index in [1.807, 2.05) is 6.92 Å². The van der Waals surface area contributed by atoms with Gasteiger partial charge in [0.25, 0.3) is 0 Å². The Morgan fingerprint density at radius 3 is 2.71 bits per heavy atom. The lowest BCUT2D eigenvalue weighted by atomic mass is 10.1. The predicted molar refractivity (Wildman–Crippen MR) is 80.8 cm³/mol. The number of hydrogen-bond donors (Lipinski definition) is 3. The van der Waals surface area contributed by atoms with Crippen molar-refractivity contribution in [2.75, 3.05) is 25.1 Å². The quantitative estimate of drug-likeness (QED) is 0.532. The Kier molecular flexibility index (Phi) is 6.42. The maximum atomic E-state index is 11.6. The van der Waals surface area contributed by atoms with E-state index in [9.17, 15) is 9.59 Å². The fourth-order valence-electron chi connectivity index (χ4n) is 1.59. The van der Waals surface area contributed by atoms with Crippen LogP contribution in [0.2, 0.25) is 0 Å².